The molecule has 3 unspecified atom stereocenters. The van der Waals surface area contributed by atoms with Crippen LogP contribution < -0.4 is 5.32 Å². The van der Waals surface area contributed by atoms with Gasteiger partial charge >= 0.3 is 0 Å². The van der Waals surface area contributed by atoms with Crippen molar-refractivity contribution in [1.29, 1.82) is 0 Å². The first-order chi connectivity index (χ1) is 5.25. The van der Waals surface area contributed by atoms with Crippen LogP contribution >= 0.6 is 0 Å². The standard InChI is InChI=1S/C10H17N/c1-7(2)11-10-6-8-3-4-9(10)5-8/h8-11H,1,3-6H2,2H3. The molecule has 2 saturated carbocycles. The van der Waals surface area contributed by atoms with Gasteiger partial charge in [-0.05, 0) is 38.0 Å². The summed E-state index contributed by atoms with van der Waals surface area (Å²) in [6.45, 7) is 5.95. The quantitative estimate of drug-likeness (QED) is 0.638. The van der Waals surface area contributed by atoms with E-state index in [0.29, 0.717) is 0 Å². The van der Waals surface area contributed by atoms with E-state index in [9.17, 15) is 0 Å². The number of rotatable bonds is 2. The molecule has 1 heteroatoms. The van der Waals surface area contributed by atoms with Gasteiger partial charge in [0.15, 0.2) is 0 Å². The van der Waals surface area contributed by atoms with Crippen molar-refractivity contribution >= 4 is 0 Å². The topological polar surface area (TPSA) is 12.0 Å². The second-order valence-corrected chi connectivity index (χ2v) is 4.21. The molecular weight excluding hydrogens is 134 g/mol. The minimum absolute atomic E-state index is 0.770. The summed E-state index contributed by atoms with van der Waals surface area (Å²) in [5, 5.41) is 3.48. The summed E-state index contributed by atoms with van der Waals surface area (Å²) < 4.78 is 0. The van der Waals surface area contributed by atoms with E-state index < -0.39 is 0 Å². The van der Waals surface area contributed by atoms with Gasteiger partial charge in [-0.25, -0.2) is 0 Å². The Bertz CT molecular complexity index is 174. The maximum Gasteiger partial charge on any atom is 0.0288 e. The lowest BCUT2D eigenvalue weighted by Crippen LogP contribution is -2.32. The predicted octanol–water partition coefficient (Wildman–Crippen LogP) is 2.30. The molecule has 2 aliphatic rings. The third kappa shape index (κ3) is 1.29. The number of allylic oxidation sites excluding steroid dienone is 1. The fourth-order valence-corrected chi connectivity index (χ4v) is 2.74. The Morgan fingerprint density at radius 2 is 2.18 bits per heavy atom. The van der Waals surface area contributed by atoms with E-state index in [-0.39, 0.29) is 0 Å². The molecule has 1 N–H and O–H groups in total. The van der Waals surface area contributed by atoms with Crippen molar-refractivity contribution in [1.82, 2.24) is 5.32 Å². The van der Waals surface area contributed by atoms with Crippen LogP contribution in [-0.2, 0) is 0 Å². The zero-order chi connectivity index (χ0) is 7.84. The Kier molecular flexibility index (Phi) is 1.67. The molecule has 0 aromatic carbocycles. The molecule has 2 bridgehead atoms. The van der Waals surface area contributed by atoms with Crippen molar-refractivity contribution in [2.75, 3.05) is 0 Å². The van der Waals surface area contributed by atoms with Gasteiger partial charge in [0.1, 0.15) is 0 Å². The predicted molar refractivity (Wildman–Crippen MR) is 47.2 cm³/mol. The first-order valence-corrected chi connectivity index (χ1v) is 4.68. The Labute approximate surface area is 68.9 Å². The van der Waals surface area contributed by atoms with Gasteiger partial charge in [-0.2, -0.15) is 0 Å². The van der Waals surface area contributed by atoms with Crippen LogP contribution in [0.4, 0.5) is 0 Å². The number of fused-ring (bicyclic) bond motifs is 2. The van der Waals surface area contributed by atoms with Crippen molar-refractivity contribution in [3.63, 3.8) is 0 Å². The SMILES string of the molecule is C=C(C)NC1CC2CCC1C2. The third-order valence-corrected chi connectivity index (χ3v) is 3.17. The molecule has 0 aromatic rings. The second kappa shape index (κ2) is 2.54. The Hall–Kier alpha value is -0.460. The van der Waals surface area contributed by atoms with Gasteiger partial charge in [0.25, 0.3) is 0 Å². The van der Waals surface area contributed by atoms with Gasteiger partial charge < -0.3 is 5.32 Å². The maximum absolute atomic E-state index is 3.89. The monoisotopic (exact) mass is 151 g/mol. The first-order valence-electron chi connectivity index (χ1n) is 4.68. The van der Waals surface area contributed by atoms with Gasteiger partial charge in [0, 0.05) is 11.7 Å². The molecule has 0 aromatic heterocycles. The van der Waals surface area contributed by atoms with E-state index in [4.69, 9.17) is 0 Å². The van der Waals surface area contributed by atoms with Crippen LogP contribution in [-0.4, -0.2) is 6.04 Å². The number of hydrogen-bond acceptors (Lipinski definition) is 1. The van der Waals surface area contributed by atoms with Gasteiger partial charge in [-0.3, -0.25) is 0 Å². The van der Waals surface area contributed by atoms with Crippen molar-refractivity contribution in [3.8, 4) is 0 Å². The molecular formula is C10H17N. The molecule has 0 amide bonds. The maximum atomic E-state index is 3.89. The van der Waals surface area contributed by atoms with Crippen LogP contribution in [0.2, 0.25) is 0 Å². The number of hydrogen-bond donors (Lipinski definition) is 1. The molecule has 0 heterocycles. The van der Waals surface area contributed by atoms with E-state index in [0.717, 1.165) is 23.6 Å². The Balaban J connectivity index is 1.92. The van der Waals surface area contributed by atoms with Gasteiger partial charge in [0.2, 0.25) is 0 Å². The van der Waals surface area contributed by atoms with E-state index in [1.807, 2.05) is 0 Å². The van der Waals surface area contributed by atoms with Crippen LogP contribution in [0.3, 0.4) is 0 Å². The molecule has 11 heavy (non-hydrogen) atoms. The lowest BCUT2D eigenvalue weighted by molar-refractivity contribution is 0.374. The molecule has 62 valence electrons. The highest BCUT2D eigenvalue weighted by atomic mass is 14.9. The zero-order valence-electron chi connectivity index (χ0n) is 7.27. The lowest BCUT2D eigenvalue weighted by atomic mass is 9.95. The van der Waals surface area contributed by atoms with Crippen molar-refractivity contribution in [2.24, 2.45) is 11.8 Å². The molecule has 2 fully saturated rings. The average molecular weight is 151 g/mol. The molecule has 0 spiro atoms. The van der Waals surface area contributed by atoms with Crippen LogP contribution in [0.25, 0.3) is 0 Å². The van der Waals surface area contributed by atoms with Crippen molar-refractivity contribution in [3.05, 3.63) is 12.3 Å². The Morgan fingerprint density at radius 3 is 2.64 bits per heavy atom. The van der Waals surface area contributed by atoms with Crippen LogP contribution in [0, 0.1) is 11.8 Å². The summed E-state index contributed by atoms with van der Waals surface area (Å²) in [5.74, 6) is 2.01. The van der Waals surface area contributed by atoms with E-state index in [1.165, 1.54) is 25.7 Å². The number of nitrogens with one attached hydrogen (secondary N) is 1. The second-order valence-electron chi connectivity index (χ2n) is 4.21. The molecule has 3 atom stereocenters. The van der Waals surface area contributed by atoms with Crippen molar-refractivity contribution < 1.29 is 0 Å². The summed E-state index contributed by atoms with van der Waals surface area (Å²) in [4.78, 5) is 0. The molecule has 0 aliphatic heterocycles. The smallest absolute Gasteiger partial charge is 0.0288 e. The largest absolute Gasteiger partial charge is 0.386 e. The van der Waals surface area contributed by atoms with Gasteiger partial charge in [-0.15, -0.1) is 0 Å². The summed E-state index contributed by atoms with van der Waals surface area (Å²) in [7, 11) is 0. The van der Waals surface area contributed by atoms with E-state index >= 15 is 0 Å². The summed E-state index contributed by atoms with van der Waals surface area (Å²) in [5.41, 5.74) is 1.14. The van der Waals surface area contributed by atoms with Crippen molar-refractivity contribution in [2.45, 2.75) is 38.6 Å². The van der Waals surface area contributed by atoms with Crippen LogP contribution in [0.1, 0.15) is 32.6 Å². The normalized spacial score (nSPS) is 41.0. The minimum Gasteiger partial charge on any atom is -0.386 e. The molecule has 0 saturated heterocycles. The van der Waals surface area contributed by atoms with Gasteiger partial charge in [0.05, 0.1) is 0 Å². The zero-order valence-corrected chi connectivity index (χ0v) is 7.27. The molecule has 2 aliphatic carbocycles. The first kappa shape index (κ1) is 7.20. The van der Waals surface area contributed by atoms with Crippen LogP contribution in [0.15, 0.2) is 12.3 Å². The highest BCUT2D eigenvalue weighted by Gasteiger charge is 2.39. The third-order valence-electron chi connectivity index (χ3n) is 3.17. The highest BCUT2D eigenvalue weighted by Crippen LogP contribution is 2.44. The summed E-state index contributed by atoms with van der Waals surface area (Å²) >= 11 is 0. The lowest BCUT2D eigenvalue weighted by Gasteiger charge is -2.23. The Morgan fingerprint density at radius 1 is 1.36 bits per heavy atom. The van der Waals surface area contributed by atoms with Gasteiger partial charge in [-0.1, -0.05) is 13.0 Å². The van der Waals surface area contributed by atoms with Crippen LogP contribution in [0.5, 0.6) is 0 Å². The molecule has 1 nitrogen and oxygen atoms in total. The minimum atomic E-state index is 0.770. The van der Waals surface area contributed by atoms with E-state index in [2.05, 4.69) is 18.8 Å². The molecule has 0 radical (unpaired) electrons. The fourth-order valence-electron chi connectivity index (χ4n) is 2.74. The summed E-state index contributed by atoms with van der Waals surface area (Å²) in [6, 6.07) is 0.770. The average Bonchev–Trinajstić information content (AvgIpc) is 2.45. The summed E-state index contributed by atoms with van der Waals surface area (Å²) in [6.07, 6.45) is 5.82. The van der Waals surface area contributed by atoms with E-state index in [1.54, 1.807) is 0 Å². The molecule has 2 rings (SSSR count). The highest BCUT2D eigenvalue weighted by molar-refractivity contribution is 4.99. The fraction of sp³-hybridized carbons (Fsp3) is 0.800.